The topological polar surface area (TPSA) is 98.5 Å². The molecule has 1 saturated carbocycles. The van der Waals surface area contributed by atoms with E-state index >= 15 is 4.39 Å². The van der Waals surface area contributed by atoms with Crippen molar-refractivity contribution in [2.75, 3.05) is 12.4 Å². The smallest absolute Gasteiger partial charge is 0.252 e. The molecule has 0 saturated heterocycles. The van der Waals surface area contributed by atoms with Crippen LogP contribution in [0.25, 0.3) is 10.9 Å². The van der Waals surface area contributed by atoms with Crippen molar-refractivity contribution < 1.29 is 18.7 Å². The molecule has 7 nitrogen and oxygen atoms in total. The highest BCUT2D eigenvalue weighted by atomic mass is 32.1. The molecule has 160 valence electrons. The van der Waals surface area contributed by atoms with Gasteiger partial charge in [-0.25, -0.2) is 4.39 Å². The SMILES string of the molecule is COc1cc2nccc(Oc3ccc(NC(=S)NC4CC4)c(C)c3F)c2cc1C(N)=O. The summed E-state index contributed by atoms with van der Waals surface area (Å²) in [4.78, 5) is 16.1. The van der Waals surface area contributed by atoms with Crippen LogP contribution in [0.5, 0.6) is 17.2 Å². The van der Waals surface area contributed by atoms with Crippen molar-refractivity contribution in [3.05, 3.63) is 53.5 Å². The van der Waals surface area contributed by atoms with E-state index in [4.69, 9.17) is 27.4 Å². The summed E-state index contributed by atoms with van der Waals surface area (Å²) in [6, 6.07) is 8.34. The van der Waals surface area contributed by atoms with Gasteiger partial charge in [0.2, 0.25) is 0 Å². The molecular weight excluding hydrogens is 419 g/mol. The van der Waals surface area contributed by atoms with Crippen molar-refractivity contribution in [2.45, 2.75) is 25.8 Å². The van der Waals surface area contributed by atoms with Gasteiger partial charge in [0.25, 0.3) is 5.91 Å². The van der Waals surface area contributed by atoms with Crippen LogP contribution < -0.4 is 25.8 Å². The molecule has 0 unspecified atom stereocenters. The molecule has 0 spiro atoms. The van der Waals surface area contributed by atoms with E-state index in [1.165, 1.54) is 25.4 Å². The molecule has 1 fully saturated rings. The lowest BCUT2D eigenvalue weighted by Crippen LogP contribution is -2.30. The second-order valence-corrected chi connectivity index (χ2v) is 7.68. The Kier molecular flexibility index (Phi) is 5.60. The van der Waals surface area contributed by atoms with E-state index in [0.29, 0.717) is 44.8 Å². The van der Waals surface area contributed by atoms with Gasteiger partial charge in [-0.2, -0.15) is 0 Å². The van der Waals surface area contributed by atoms with Crippen LogP contribution in [-0.4, -0.2) is 29.2 Å². The number of amides is 1. The number of anilines is 1. The van der Waals surface area contributed by atoms with E-state index in [2.05, 4.69) is 15.6 Å². The fourth-order valence-corrected chi connectivity index (χ4v) is 3.44. The summed E-state index contributed by atoms with van der Waals surface area (Å²) in [7, 11) is 1.44. The number of carbonyl (C=O) groups excluding carboxylic acids is 1. The van der Waals surface area contributed by atoms with Crippen LogP contribution in [0.4, 0.5) is 10.1 Å². The molecule has 0 radical (unpaired) electrons. The van der Waals surface area contributed by atoms with Crippen LogP contribution >= 0.6 is 12.2 Å². The maximum absolute atomic E-state index is 15.1. The number of benzene rings is 2. The molecule has 1 heterocycles. The number of methoxy groups -OCH3 is 1. The normalized spacial score (nSPS) is 13.0. The second kappa shape index (κ2) is 8.35. The Morgan fingerprint density at radius 1 is 1.23 bits per heavy atom. The van der Waals surface area contributed by atoms with Crippen LogP contribution in [0.1, 0.15) is 28.8 Å². The maximum Gasteiger partial charge on any atom is 0.252 e. The fraction of sp³-hybridized carbons (Fsp3) is 0.227. The summed E-state index contributed by atoms with van der Waals surface area (Å²) in [5, 5.41) is 7.15. The van der Waals surface area contributed by atoms with E-state index in [1.54, 1.807) is 25.1 Å². The van der Waals surface area contributed by atoms with Crippen LogP contribution in [0.15, 0.2) is 36.5 Å². The van der Waals surface area contributed by atoms with Gasteiger partial charge < -0.3 is 25.8 Å². The molecule has 1 aromatic heterocycles. The monoisotopic (exact) mass is 440 g/mol. The molecule has 1 aliphatic carbocycles. The van der Waals surface area contributed by atoms with Crippen molar-refractivity contribution in [1.29, 1.82) is 0 Å². The maximum atomic E-state index is 15.1. The van der Waals surface area contributed by atoms with Crippen LogP contribution in [0, 0.1) is 12.7 Å². The molecular formula is C22H21FN4O3S. The predicted molar refractivity (Wildman–Crippen MR) is 120 cm³/mol. The number of fused-ring (bicyclic) bond motifs is 1. The molecule has 2 aromatic carbocycles. The minimum atomic E-state index is -0.651. The molecule has 4 N–H and O–H groups in total. The Morgan fingerprint density at radius 3 is 2.68 bits per heavy atom. The van der Waals surface area contributed by atoms with Crippen molar-refractivity contribution in [3.63, 3.8) is 0 Å². The number of hydrogen-bond acceptors (Lipinski definition) is 5. The molecule has 31 heavy (non-hydrogen) atoms. The molecule has 0 aliphatic heterocycles. The Labute approximate surface area is 183 Å². The van der Waals surface area contributed by atoms with Gasteiger partial charge in [0.05, 0.1) is 18.2 Å². The van der Waals surface area contributed by atoms with E-state index in [9.17, 15) is 4.79 Å². The van der Waals surface area contributed by atoms with Gasteiger partial charge in [-0.1, -0.05) is 0 Å². The summed E-state index contributed by atoms with van der Waals surface area (Å²) in [5.41, 5.74) is 7.09. The zero-order chi connectivity index (χ0) is 22.1. The molecule has 0 bridgehead atoms. The lowest BCUT2D eigenvalue weighted by molar-refractivity contribution is 0.0997. The number of pyridine rings is 1. The molecule has 3 aromatic rings. The van der Waals surface area contributed by atoms with E-state index < -0.39 is 11.7 Å². The molecule has 9 heteroatoms. The largest absolute Gasteiger partial charge is 0.496 e. The summed E-state index contributed by atoms with van der Waals surface area (Å²) in [6.07, 6.45) is 3.71. The Balaban J connectivity index is 1.65. The van der Waals surface area contributed by atoms with Gasteiger partial charge in [0, 0.05) is 34.9 Å². The van der Waals surface area contributed by atoms with Crippen molar-refractivity contribution >= 4 is 39.8 Å². The first-order chi connectivity index (χ1) is 14.9. The van der Waals surface area contributed by atoms with Gasteiger partial charge in [-0.3, -0.25) is 9.78 Å². The molecule has 0 atom stereocenters. The Hall–Kier alpha value is -3.46. The zero-order valence-electron chi connectivity index (χ0n) is 17.0. The lowest BCUT2D eigenvalue weighted by atomic mass is 10.1. The minimum absolute atomic E-state index is 0.0352. The minimum Gasteiger partial charge on any atom is -0.496 e. The quantitative estimate of drug-likeness (QED) is 0.498. The van der Waals surface area contributed by atoms with E-state index in [0.717, 1.165) is 12.8 Å². The first-order valence-corrected chi connectivity index (χ1v) is 10.1. The van der Waals surface area contributed by atoms with Gasteiger partial charge >= 0.3 is 0 Å². The third kappa shape index (κ3) is 4.36. The summed E-state index contributed by atoms with van der Waals surface area (Å²) >= 11 is 5.27. The summed E-state index contributed by atoms with van der Waals surface area (Å²) < 4.78 is 26.1. The average molecular weight is 441 g/mol. The van der Waals surface area contributed by atoms with Crippen LogP contribution in [0.3, 0.4) is 0 Å². The van der Waals surface area contributed by atoms with Crippen molar-refractivity contribution in [2.24, 2.45) is 5.73 Å². The Bertz CT molecular complexity index is 1200. The number of nitrogens with zero attached hydrogens (tertiary/aromatic N) is 1. The third-order valence-electron chi connectivity index (χ3n) is 5.02. The predicted octanol–water partition coefficient (Wildman–Crippen LogP) is 4.03. The number of halogens is 1. The Morgan fingerprint density at radius 2 is 2.00 bits per heavy atom. The number of primary amides is 1. The highest BCUT2D eigenvalue weighted by Crippen LogP contribution is 2.35. The van der Waals surface area contributed by atoms with Gasteiger partial charge in [0.1, 0.15) is 11.5 Å². The highest BCUT2D eigenvalue weighted by Gasteiger charge is 2.22. The van der Waals surface area contributed by atoms with Crippen molar-refractivity contribution in [1.82, 2.24) is 10.3 Å². The number of ether oxygens (including phenoxy) is 2. The number of thiocarbonyl (C=S) groups is 1. The van der Waals surface area contributed by atoms with Gasteiger partial charge in [0.15, 0.2) is 16.7 Å². The summed E-state index contributed by atoms with van der Waals surface area (Å²) in [6.45, 7) is 1.64. The van der Waals surface area contributed by atoms with Crippen molar-refractivity contribution in [3.8, 4) is 17.2 Å². The van der Waals surface area contributed by atoms with Gasteiger partial charge in [-0.15, -0.1) is 0 Å². The number of aromatic nitrogens is 1. The lowest BCUT2D eigenvalue weighted by Gasteiger charge is -2.16. The number of nitrogens with two attached hydrogens (primary N) is 1. The number of nitrogens with one attached hydrogen (secondary N) is 2. The standard InChI is InChI=1S/C22H21FN4O3S/c1-11-15(27-22(31)26-12-3-4-12)5-6-18(20(11)23)30-17-7-8-25-16-10-19(29-2)14(21(24)28)9-13(16)17/h5-10,12H,3-4H2,1-2H3,(H2,24,28)(H2,26,27,31). The average Bonchev–Trinajstić information content (AvgIpc) is 3.56. The molecule has 1 amide bonds. The van der Waals surface area contributed by atoms with Gasteiger partial charge in [-0.05, 0) is 56.2 Å². The van der Waals surface area contributed by atoms with Crippen LogP contribution in [-0.2, 0) is 0 Å². The molecule has 4 rings (SSSR count). The van der Waals surface area contributed by atoms with E-state index in [1.807, 2.05) is 0 Å². The summed E-state index contributed by atoms with van der Waals surface area (Å²) in [5.74, 6) is -0.499. The highest BCUT2D eigenvalue weighted by molar-refractivity contribution is 7.80. The number of hydrogen-bond donors (Lipinski definition) is 3. The second-order valence-electron chi connectivity index (χ2n) is 7.27. The first-order valence-electron chi connectivity index (χ1n) is 9.68. The first kappa shape index (κ1) is 20.8. The number of rotatable bonds is 6. The third-order valence-corrected chi connectivity index (χ3v) is 5.24. The fourth-order valence-electron chi connectivity index (χ4n) is 3.16. The van der Waals surface area contributed by atoms with E-state index in [-0.39, 0.29) is 11.3 Å². The zero-order valence-corrected chi connectivity index (χ0v) is 17.8. The van der Waals surface area contributed by atoms with Crippen LogP contribution in [0.2, 0.25) is 0 Å². The molecule has 1 aliphatic rings. The number of carbonyl (C=O) groups is 1.